The lowest BCUT2D eigenvalue weighted by atomic mass is 10.1. The van der Waals surface area contributed by atoms with Crippen molar-refractivity contribution in [1.29, 1.82) is 0 Å². The number of hydrogen-bond donors (Lipinski definition) is 4. The second-order valence-corrected chi connectivity index (χ2v) is 7.40. The number of anilines is 4. The van der Waals surface area contributed by atoms with E-state index in [9.17, 15) is 9.18 Å². The first-order valence-electron chi connectivity index (χ1n) is 9.87. The van der Waals surface area contributed by atoms with Gasteiger partial charge in [0.1, 0.15) is 5.82 Å². The molecular weight excluding hydrogens is 399 g/mol. The number of rotatable bonds is 4. The van der Waals surface area contributed by atoms with E-state index in [-0.39, 0.29) is 34.5 Å². The molecule has 9 nitrogen and oxygen atoms in total. The van der Waals surface area contributed by atoms with Crippen LogP contribution in [-0.2, 0) is 0 Å². The van der Waals surface area contributed by atoms with Crippen molar-refractivity contribution in [2.24, 2.45) is 5.73 Å². The van der Waals surface area contributed by atoms with Gasteiger partial charge < -0.3 is 27.4 Å². The highest BCUT2D eigenvalue weighted by atomic mass is 19.1. The van der Waals surface area contributed by atoms with E-state index in [1.807, 2.05) is 6.07 Å². The summed E-state index contributed by atoms with van der Waals surface area (Å²) in [6.07, 6.45) is 5.16. The standard InChI is InChI=1S/C21H23FN8O/c22-20-13(3-6-18(25)29-20)15-5-4-14(24)19(27-15)21(31)28-16-10-26-8-7-17(16)30-9-1-2-12(23)11-30/h3-8,10,12H,1-2,9,11,23-24H2,(H2,25,29)(H,28,31)/t12-/m0/s1. The van der Waals surface area contributed by atoms with E-state index in [1.165, 1.54) is 24.3 Å². The number of aromatic nitrogens is 3. The molecule has 0 radical (unpaired) electrons. The normalized spacial score (nSPS) is 16.2. The van der Waals surface area contributed by atoms with Gasteiger partial charge in [-0.2, -0.15) is 4.39 Å². The molecule has 1 fully saturated rings. The fraction of sp³-hybridized carbons (Fsp3) is 0.238. The van der Waals surface area contributed by atoms with Crippen LogP contribution in [0.1, 0.15) is 23.3 Å². The Labute approximate surface area is 178 Å². The molecule has 0 unspecified atom stereocenters. The van der Waals surface area contributed by atoms with E-state index in [4.69, 9.17) is 17.2 Å². The van der Waals surface area contributed by atoms with Crippen LogP contribution in [0.3, 0.4) is 0 Å². The summed E-state index contributed by atoms with van der Waals surface area (Å²) >= 11 is 0. The van der Waals surface area contributed by atoms with Gasteiger partial charge in [0.25, 0.3) is 5.91 Å². The molecule has 1 saturated heterocycles. The Bertz CT molecular complexity index is 1120. The molecule has 0 bridgehead atoms. The molecule has 4 heterocycles. The van der Waals surface area contributed by atoms with Crippen LogP contribution in [0.2, 0.25) is 0 Å². The Morgan fingerprint density at radius 3 is 2.77 bits per heavy atom. The van der Waals surface area contributed by atoms with Gasteiger partial charge in [-0.05, 0) is 43.2 Å². The van der Waals surface area contributed by atoms with Gasteiger partial charge in [0.2, 0.25) is 5.95 Å². The average molecular weight is 422 g/mol. The maximum absolute atomic E-state index is 14.2. The van der Waals surface area contributed by atoms with Gasteiger partial charge in [-0.1, -0.05) is 0 Å². The predicted octanol–water partition coefficient (Wildman–Crippen LogP) is 2.02. The molecule has 31 heavy (non-hydrogen) atoms. The van der Waals surface area contributed by atoms with Crippen molar-refractivity contribution in [3.8, 4) is 11.3 Å². The quantitative estimate of drug-likeness (QED) is 0.467. The highest BCUT2D eigenvalue weighted by molar-refractivity contribution is 6.07. The summed E-state index contributed by atoms with van der Waals surface area (Å²) in [6, 6.07) is 7.84. The van der Waals surface area contributed by atoms with E-state index in [0.717, 1.165) is 25.1 Å². The molecule has 160 valence electrons. The molecule has 3 aromatic heterocycles. The summed E-state index contributed by atoms with van der Waals surface area (Å²) in [5, 5.41) is 2.83. The van der Waals surface area contributed by atoms with Crippen molar-refractivity contribution in [2.45, 2.75) is 18.9 Å². The minimum Gasteiger partial charge on any atom is -0.397 e. The minimum absolute atomic E-state index is 0.0288. The van der Waals surface area contributed by atoms with Gasteiger partial charge in [-0.3, -0.25) is 9.78 Å². The molecule has 0 aromatic carbocycles. The van der Waals surface area contributed by atoms with Crippen molar-refractivity contribution < 1.29 is 9.18 Å². The molecule has 7 N–H and O–H groups in total. The third-order valence-electron chi connectivity index (χ3n) is 5.13. The molecular formula is C21H23FN8O. The molecule has 1 atom stereocenters. The summed E-state index contributed by atoms with van der Waals surface area (Å²) in [7, 11) is 0. The van der Waals surface area contributed by atoms with Crippen molar-refractivity contribution in [1.82, 2.24) is 15.0 Å². The zero-order valence-corrected chi connectivity index (χ0v) is 16.8. The first kappa shape index (κ1) is 20.5. The van der Waals surface area contributed by atoms with Gasteiger partial charge in [0, 0.05) is 25.3 Å². The lowest BCUT2D eigenvalue weighted by molar-refractivity contribution is 0.102. The molecule has 0 spiro atoms. The van der Waals surface area contributed by atoms with Gasteiger partial charge in [0.15, 0.2) is 5.69 Å². The summed E-state index contributed by atoms with van der Waals surface area (Å²) in [4.78, 5) is 27.1. The number of hydrogen-bond acceptors (Lipinski definition) is 8. The zero-order chi connectivity index (χ0) is 22.0. The fourth-order valence-electron chi connectivity index (χ4n) is 3.61. The highest BCUT2D eigenvalue weighted by Gasteiger charge is 2.22. The van der Waals surface area contributed by atoms with E-state index in [0.29, 0.717) is 12.2 Å². The van der Waals surface area contributed by atoms with Crippen LogP contribution < -0.4 is 27.4 Å². The molecule has 10 heteroatoms. The topological polar surface area (TPSA) is 149 Å². The van der Waals surface area contributed by atoms with Crippen LogP contribution in [0, 0.1) is 5.95 Å². The van der Waals surface area contributed by atoms with Crippen molar-refractivity contribution >= 4 is 28.8 Å². The van der Waals surface area contributed by atoms with Crippen LogP contribution in [0.15, 0.2) is 42.7 Å². The van der Waals surface area contributed by atoms with Gasteiger partial charge in [-0.15, -0.1) is 0 Å². The number of amides is 1. The number of carbonyl (C=O) groups is 1. The maximum atomic E-state index is 14.2. The number of carbonyl (C=O) groups excluding carboxylic acids is 1. The lowest BCUT2D eigenvalue weighted by Crippen LogP contribution is -2.43. The summed E-state index contributed by atoms with van der Waals surface area (Å²) in [5.41, 5.74) is 19.4. The zero-order valence-electron chi connectivity index (χ0n) is 16.8. The van der Waals surface area contributed by atoms with Crippen molar-refractivity contribution in [2.75, 3.05) is 34.8 Å². The molecule has 0 aliphatic carbocycles. The van der Waals surface area contributed by atoms with Crippen molar-refractivity contribution in [3.05, 3.63) is 54.4 Å². The van der Waals surface area contributed by atoms with Crippen LogP contribution in [0.4, 0.5) is 27.3 Å². The highest BCUT2D eigenvalue weighted by Crippen LogP contribution is 2.29. The Balaban J connectivity index is 1.63. The second kappa shape index (κ2) is 8.52. The third-order valence-corrected chi connectivity index (χ3v) is 5.13. The number of nitrogens with two attached hydrogens (primary N) is 3. The second-order valence-electron chi connectivity index (χ2n) is 7.40. The molecule has 1 aliphatic heterocycles. The first-order chi connectivity index (χ1) is 14.9. The molecule has 0 saturated carbocycles. The number of halogens is 1. The van der Waals surface area contributed by atoms with E-state index < -0.39 is 11.9 Å². The fourth-order valence-corrected chi connectivity index (χ4v) is 3.61. The van der Waals surface area contributed by atoms with E-state index >= 15 is 0 Å². The van der Waals surface area contributed by atoms with Gasteiger partial charge in [0.05, 0.1) is 34.5 Å². The Kier molecular flexibility index (Phi) is 5.63. The van der Waals surface area contributed by atoms with Crippen molar-refractivity contribution in [3.63, 3.8) is 0 Å². The molecule has 3 aromatic rings. The van der Waals surface area contributed by atoms with E-state index in [1.54, 1.807) is 12.4 Å². The van der Waals surface area contributed by atoms with Crippen LogP contribution in [0.25, 0.3) is 11.3 Å². The monoisotopic (exact) mass is 422 g/mol. The Hall–Kier alpha value is -3.79. The third kappa shape index (κ3) is 4.38. The van der Waals surface area contributed by atoms with Crippen LogP contribution in [0.5, 0.6) is 0 Å². The van der Waals surface area contributed by atoms with E-state index in [2.05, 4.69) is 25.2 Å². The van der Waals surface area contributed by atoms with Crippen LogP contribution in [-0.4, -0.2) is 40.0 Å². The first-order valence-corrected chi connectivity index (χ1v) is 9.87. The number of nitrogens with zero attached hydrogens (tertiary/aromatic N) is 4. The van der Waals surface area contributed by atoms with Gasteiger partial charge in [-0.25, -0.2) is 9.97 Å². The predicted molar refractivity (Wildman–Crippen MR) is 118 cm³/mol. The summed E-state index contributed by atoms with van der Waals surface area (Å²) in [5.74, 6) is -1.26. The number of pyridine rings is 3. The molecule has 1 aliphatic rings. The Morgan fingerprint density at radius 1 is 1.16 bits per heavy atom. The summed E-state index contributed by atoms with van der Waals surface area (Å²) < 4.78 is 14.2. The number of piperidine rings is 1. The SMILES string of the molecule is Nc1ccc(-c2ccc(N)c(C(=O)Nc3cnccc3N3CCC[C@H](N)C3)n2)c(F)n1. The minimum atomic E-state index is -0.778. The molecule has 4 rings (SSSR count). The average Bonchev–Trinajstić information content (AvgIpc) is 2.75. The summed E-state index contributed by atoms with van der Waals surface area (Å²) in [6.45, 7) is 1.52. The van der Waals surface area contributed by atoms with Gasteiger partial charge >= 0.3 is 0 Å². The number of nitrogens with one attached hydrogen (secondary N) is 1. The lowest BCUT2D eigenvalue weighted by Gasteiger charge is -2.33. The maximum Gasteiger partial charge on any atom is 0.276 e. The molecule has 1 amide bonds. The largest absolute Gasteiger partial charge is 0.397 e. The Morgan fingerprint density at radius 2 is 2.00 bits per heavy atom. The smallest absolute Gasteiger partial charge is 0.276 e. The number of nitrogen functional groups attached to an aromatic ring is 2. The van der Waals surface area contributed by atoms with Crippen LogP contribution >= 0.6 is 0 Å².